The Morgan fingerprint density at radius 2 is 2.24 bits per heavy atom. The minimum absolute atomic E-state index is 0.0341. The van der Waals surface area contributed by atoms with E-state index in [-0.39, 0.29) is 36.6 Å². The van der Waals surface area contributed by atoms with E-state index in [4.69, 9.17) is 0 Å². The second-order valence-corrected chi connectivity index (χ2v) is 6.29. The van der Waals surface area contributed by atoms with Crippen LogP contribution in [-0.4, -0.2) is 41.6 Å². The van der Waals surface area contributed by atoms with Gasteiger partial charge in [0.25, 0.3) is 0 Å². The maximum Gasteiger partial charge on any atom is 0.239 e. The molecule has 5 nitrogen and oxygen atoms in total. The molecular formula is C15H20N2O3S. The van der Waals surface area contributed by atoms with E-state index in [1.165, 1.54) is 11.3 Å². The molecule has 2 rings (SSSR count). The molecule has 0 saturated carbocycles. The lowest BCUT2D eigenvalue weighted by atomic mass is 10.1. The first kappa shape index (κ1) is 15.7. The summed E-state index contributed by atoms with van der Waals surface area (Å²) in [4.78, 5) is 37.8. The van der Waals surface area contributed by atoms with Crippen LogP contribution in [0.2, 0.25) is 0 Å². The molecule has 1 saturated heterocycles. The van der Waals surface area contributed by atoms with Gasteiger partial charge in [-0.1, -0.05) is 6.07 Å². The minimum Gasteiger partial charge on any atom is -0.352 e. The Morgan fingerprint density at radius 3 is 2.90 bits per heavy atom. The lowest BCUT2D eigenvalue weighted by Crippen LogP contribution is -2.45. The average molecular weight is 308 g/mol. The Balaban J connectivity index is 1.76. The van der Waals surface area contributed by atoms with Gasteiger partial charge in [-0.3, -0.25) is 14.4 Å². The van der Waals surface area contributed by atoms with E-state index >= 15 is 0 Å². The topological polar surface area (TPSA) is 66.5 Å². The minimum atomic E-state index is -0.230. The van der Waals surface area contributed by atoms with Crippen LogP contribution in [0.15, 0.2) is 17.5 Å². The van der Waals surface area contributed by atoms with E-state index in [0.717, 1.165) is 12.8 Å². The number of Topliss-reactive ketones (excluding diaryl/α,β-unsaturated/α-hetero) is 1. The van der Waals surface area contributed by atoms with Crippen molar-refractivity contribution in [1.29, 1.82) is 0 Å². The van der Waals surface area contributed by atoms with E-state index in [9.17, 15) is 14.4 Å². The molecular weight excluding hydrogens is 288 g/mol. The highest BCUT2D eigenvalue weighted by Gasteiger charge is 2.21. The molecule has 1 aromatic heterocycles. The van der Waals surface area contributed by atoms with Crippen LogP contribution < -0.4 is 5.32 Å². The Kier molecular flexibility index (Phi) is 5.50. The summed E-state index contributed by atoms with van der Waals surface area (Å²) in [5.74, 6) is -0.123. The first-order valence-corrected chi connectivity index (χ1v) is 8.08. The Labute approximate surface area is 128 Å². The van der Waals surface area contributed by atoms with E-state index in [1.54, 1.807) is 17.9 Å². The molecule has 2 amide bonds. The van der Waals surface area contributed by atoms with Gasteiger partial charge in [0.05, 0.1) is 11.4 Å². The summed E-state index contributed by atoms with van der Waals surface area (Å²) in [6, 6.07) is 3.39. The summed E-state index contributed by atoms with van der Waals surface area (Å²) < 4.78 is 0. The molecule has 0 spiro atoms. The van der Waals surface area contributed by atoms with Gasteiger partial charge in [0.15, 0.2) is 5.78 Å². The normalized spacial score (nSPS) is 16.6. The number of nitrogens with zero attached hydrogens (tertiary/aromatic N) is 1. The lowest BCUT2D eigenvalue weighted by Gasteiger charge is -2.26. The zero-order valence-electron chi connectivity index (χ0n) is 12.1. The second-order valence-electron chi connectivity index (χ2n) is 5.35. The molecule has 0 aliphatic carbocycles. The van der Waals surface area contributed by atoms with Crippen molar-refractivity contribution in [3.05, 3.63) is 22.4 Å². The van der Waals surface area contributed by atoms with Crippen molar-refractivity contribution >= 4 is 28.9 Å². The quantitative estimate of drug-likeness (QED) is 0.815. The highest BCUT2D eigenvalue weighted by molar-refractivity contribution is 7.12. The standard InChI is InChI=1S/C15H20N2O3S/c1-11(9-12(18)13-5-4-8-21-13)16-14(19)10-17-7-3-2-6-15(17)20/h4-5,8,11H,2-3,6-7,9-10H2,1H3,(H,16,19)/t11-/m1/s1. The van der Waals surface area contributed by atoms with Crippen LogP contribution in [0.1, 0.15) is 42.3 Å². The van der Waals surface area contributed by atoms with Gasteiger partial charge >= 0.3 is 0 Å². The molecule has 0 radical (unpaired) electrons. The number of likely N-dealkylation sites (tertiary alicyclic amines) is 1. The SMILES string of the molecule is C[C@H](CC(=O)c1cccs1)NC(=O)CN1CCCCC1=O. The summed E-state index contributed by atoms with van der Waals surface area (Å²) in [7, 11) is 0. The average Bonchev–Trinajstić information content (AvgIpc) is 2.95. The molecule has 1 aliphatic heterocycles. The number of carbonyl (C=O) groups is 3. The molecule has 1 aliphatic rings. The van der Waals surface area contributed by atoms with Crippen LogP contribution >= 0.6 is 11.3 Å². The van der Waals surface area contributed by atoms with E-state index in [1.807, 2.05) is 11.4 Å². The molecule has 114 valence electrons. The fraction of sp³-hybridized carbons (Fsp3) is 0.533. The van der Waals surface area contributed by atoms with E-state index < -0.39 is 0 Å². The van der Waals surface area contributed by atoms with Gasteiger partial charge in [-0.05, 0) is 31.2 Å². The van der Waals surface area contributed by atoms with Crippen molar-refractivity contribution < 1.29 is 14.4 Å². The molecule has 0 aromatic carbocycles. The van der Waals surface area contributed by atoms with Gasteiger partial charge in [0, 0.05) is 25.4 Å². The summed E-state index contributed by atoms with van der Waals surface area (Å²) >= 11 is 1.41. The third kappa shape index (κ3) is 4.67. The molecule has 21 heavy (non-hydrogen) atoms. The summed E-state index contributed by atoms with van der Waals surface area (Å²) in [5.41, 5.74) is 0. The number of ketones is 1. The molecule has 1 atom stereocenters. The summed E-state index contributed by atoms with van der Waals surface area (Å²) in [6.45, 7) is 2.55. The highest BCUT2D eigenvalue weighted by Crippen LogP contribution is 2.13. The zero-order valence-corrected chi connectivity index (χ0v) is 12.9. The van der Waals surface area contributed by atoms with Crippen LogP contribution in [0.25, 0.3) is 0 Å². The fourth-order valence-electron chi connectivity index (χ4n) is 2.39. The van der Waals surface area contributed by atoms with Crippen molar-refractivity contribution in [3.8, 4) is 0 Å². The Bertz CT molecular complexity index is 513. The van der Waals surface area contributed by atoms with Gasteiger partial charge in [-0.25, -0.2) is 0 Å². The third-order valence-electron chi connectivity index (χ3n) is 3.45. The van der Waals surface area contributed by atoms with Crippen LogP contribution in [0.3, 0.4) is 0 Å². The number of amides is 2. The Hall–Kier alpha value is -1.69. The predicted molar refractivity (Wildman–Crippen MR) is 81.3 cm³/mol. The highest BCUT2D eigenvalue weighted by atomic mass is 32.1. The van der Waals surface area contributed by atoms with Crippen LogP contribution in [0, 0.1) is 0 Å². The second kappa shape index (κ2) is 7.36. The van der Waals surface area contributed by atoms with E-state index in [2.05, 4.69) is 5.32 Å². The smallest absolute Gasteiger partial charge is 0.239 e. The van der Waals surface area contributed by atoms with Crippen molar-refractivity contribution in [3.63, 3.8) is 0 Å². The number of piperidine rings is 1. The van der Waals surface area contributed by atoms with Crippen LogP contribution in [0.4, 0.5) is 0 Å². The third-order valence-corrected chi connectivity index (χ3v) is 4.36. The van der Waals surface area contributed by atoms with E-state index in [0.29, 0.717) is 17.8 Å². The fourth-order valence-corrected chi connectivity index (χ4v) is 3.07. The Morgan fingerprint density at radius 1 is 1.43 bits per heavy atom. The first-order valence-electron chi connectivity index (χ1n) is 7.20. The number of nitrogens with one attached hydrogen (secondary N) is 1. The number of hydrogen-bond donors (Lipinski definition) is 1. The first-order chi connectivity index (χ1) is 10.1. The maximum atomic E-state index is 11.9. The molecule has 0 unspecified atom stereocenters. The van der Waals surface area contributed by atoms with Crippen molar-refractivity contribution in [2.24, 2.45) is 0 Å². The lowest BCUT2D eigenvalue weighted by molar-refractivity contribution is -0.138. The molecule has 1 fully saturated rings. The van der Waals surface area contributed by atoms with Crippen LogP contribution in [-0.2, 0) is 9.59 Å². The molecule has 1 aromatic rings. The molecule has 0 bridgehead atoms. The maximum absolute atomic E-state index is 11.9. The van der Waals surface area contributed by atoms with Crippen LogP contribution in [0.5, 0.6) is 0 Å². The van der Waals surface area contributed by atoms with Crippen molar-refractivity contribution in [2.45, 2.75) is 38.6 Å². The summed E-state index contributed by atoms with van der Waals surface area (Å²) in [5, 5.41) is 4.65. The number of carbonyl (C=O) groups excluding carboxylic acids is 3. The van der Waals surface area contributed by atoms with Gasteiger partial charge < -0.3 is 10.2 Å². The molecule has 1 N–H and O–H groups in total. The molecule has 6 heteroatoms. The zero-order chi connectivity index (χ0) is 15.2. The molecule has 2 heterocycles. The van der Waals surface area contributed by atoms with Crippen molar-refractivity contribution in [2.75, 3.05) is 13.1 Å². The van der Waals surface area contributed by atoms with Crippen molar-refractivity contribution in [1.82, 2.24) is 10.2 Å². The number of thiophene rings is 1. The van der Waals surface area contributed by atoms with Gasteiger partial charge in [0.1, 0.15) is 0 Å². The number of hydrogen-bond acceptors (Lipinski definition) is 4. The largest absolute Gasteiger partial charge is 0.352 e. The van der Waals surface area contributed by atoms with Gasteiger partial charge in [-0.15, -0.1) is 11.3 Å². The predicted octanol–water partition coefficient (Wildman–Crippen LogP) is 1.84. The van der Waals surface area contributed by atoms with Gasteiger partial charge in [-0.2, -0.15) is 0 Å². The summed E-state index contributed by atoms with van der Waals surface area (Å²) in [6.07, 6.45) is 2.66. The monoisotopic (exact) mass is 308 g/mol. The number of rotatable bonds is 6. The van der Waals surface area contributed by atoms with Gasteiger partial charge in [0.2, 0.25) is 11.8 Å².